The van der Waals surface area contributed by atoms with Crippen LogP contribution in [0.3, 0.4) is 0 Å². The fourth-order valence-corrected chi connectivity index (χ4v) is 2.26. The van der Waals surface area contributed by atoms with Crippen molar-refractivity contribution in [2.45, 2.75) is 39.2 Å². The van der Waals surface area contributed by atoms with Crippen molar-refractivity contribution >= 4 is 0 Å². The normalized spacial score (nSPS) is 26.5. The van der Waals surface area contributed by atoms with Gasteiger partial charge in [-0.25, -0.2) is 0 Å². The molecule has 0 amide bonds. The smallest absolute Gasteiger partial charge is 0.105 e. The first-order valence-electron chi connectivity index (χ1n) is 6.07. The molecule has 1 aromatic rings. The van der Waals surface area contributed by atoms with Crippen molar-refractivity contribution in [3.8, 4) is 0 Å². The van der Waals surface area contributed by atoms with Crippen molar-refractivity contribution in [1.29, 1.82) is 0 Å². The van der Waals surface area contributed by atoms with E-state index in [9.17, 15) is 0 Å². The molecule has 1 heterocycles. The molecule has 0 aromatic carbocycles. The highest BCUT2D eigenvalue weighted by Gasteiger charge is 2.39. The van der Waals surface area contributed by atoms with Gasteiger partial charge in [0.05, 0.1) is 6.26 Å². The van der Waals surface area contributed by atoms with Crippen LogP contribution in [-0.2, 0) is 6.42 Å². The van der Waals surface area contributed by atoms with Crippen molar-refractivity contribution in [1.82, 2.24) is 5.32 Å². The maximum Gasteiger partial charge on any atom is 0.105 e. The summed E-state index contributed by atoms with van der Waals surface area (Å²) < 4.78 is 5.42. The van der Waals surface area contributed by atoms with Crippen molar-refractivity contribution in [2.75, 3.05) is 6.54 Å². The van der Waals surface area contributed by atoms with E-state index in [1.807, 2.05) is 6.07 Å². The molecular weight excluding hydrogens is 186 g/mol. The van der Waals surface area contributed by atoms with Crippen LogP contribution in [0, 0.1) is 11.8 Å². The Morgan fingerprint density at radius 3 is 2.93 bits per heavy atom. The predicted octanol–water partition coefficient (Wildman–Crippen LogP) is 2.85. The van der Waals surface area contributed by atoms with Gasteiger partial charge in [0.2, 0.25) is 0 Å². The molecule has 1 N–H and O–H groups in total. The van der Waals surface area contributed by atoms with E-state index in [1.165, 1.54) is 12.8 Å². The second-order valence-electron chi connectivity index (χ2n) is 4.72. The van der Waals surface area contributed by atoms with Gasteiger partial charge in [-0.15, -0.1) is 0 Å². The summed E-state index contributed by atoms with van der Waals surface area (Å²) in [6.45, 7) is 5.68. The third-order valence-electron chi connectivity index (χ3n) is 3.35. The minimum absolute atomic E-state index is 0.617. The first-order valence-corrected chi connectivity index (χ1v) is 6.07. The average molecular weight is 207 g/mol. The van der Waals surface area contributed by atoms with Crippen LogP contribution in [0.1, 0.15) is 32.4 Å². The monoisotopic (exact) mass is 207 g/mol. The lowest BCUT2D eigenvalue weighted by atomic mass is 10.1. The third kappa shape index (κ3) is 2.85. The molecule has 84 valence electrons. The number of furan rings is 1. The highest BCUT2D eigenvalue weighted by atomic mass is 16.3. The Morgan fingerprint density at radius 1 is 1.60 bits per heavy atom. The van der Waals surface area contributed by atoms with Crippen molar-refractivity contribution in [3.05, 3.63) is 24.2 Å². The molecule has 1 aromatic heterocycles. The van der Waals surface area contributed by atoms with E-state index in [0.717, 1.165) is 30.6 Å². The molecule has 2 nitrogen and oxygen atoms in total. The zero-order valence-electron chi connectivity index (χ0n) is 9.70. The van der Waals surface area contributed by atoms with E-state index < -0.39 is 0 Å². The van der Waals surface area contributed by atoms with Crippen LogP contribution < -0.4 is 5.32 Å². The number of hydrogen-bond acceptors (Lipinski definition) is 2. The molecule has 2 heteroatoms. The molecule has 1 fully saturated rings. The first kappa shape index (κ1) is 10.7. The van der Waals surface area contributed by atoms with Crippen molar-refractivity contribution in [2.24, 2.45) is 11.8 Å². The van der Waals surface area contributed by atoms with Gasteiger partial charge in [-0.05, 0) is 43.4 Å². The molecule has 1 saturated carbocycles. The molecular formula is C13H21NO. The van der Waals surface area contributed by atoms with Crippen LogP contribution >= 0.6 is 0 Å². The highest BCUT2D eigenvalue weighted by Crippen LogP contribution is 2.41. The standard InChI is InChI=1S/C13H21NO/c1-3-6-14-13(12-8-10(12)2)9-11-5-4-7-15-11/h4-5,7,10,12-14H,3,6,8-9H2,1-2H3. The minimum Gasteiger partial charge on any atom is -0.469 e. The van der Waals surface area contributed by atoms with Gasteiger partial charge in [0.1, 0.15) is 5.76 Å². The Labute approximate surface area is 92.1 Å². The molecule has 0 spiro atoms. The maximum atomic E-state index is 5.42. The lowest BCUT2D eigenvalue weighted by Crippen LogP contribution is -2.34. The molecule has 1 aliphatic carbocycles. The summed E-state index contributed by atoms with van der Waals surface area (Å²) in [6, 6.07) is 4.67. The van der Waals surface area contributed by atoms with Crippen molar-refractivity contribution in [3.63, 3.8) is 0 Å². The maximum absolute atomic E-state index is 5.42. The Bertz CT molecular complexity index is 281. The zero-order valence-corrected chi connectivity index (χ0v) is 9.70. The predicted molar refractivity (Wildman–Crippen MR) is 61.8 cm³/mol. The first-order chi connectivity index (χ1) is 7.31. The van der Waals surface area contributed by atoms with Crippen LogP contribution in [0.4, 0.5) is 0 Å². The second-order valence-corrected chi connectivity index (χ2v) is 4.72. The van der Waals surface area contributed by atoms with Gasteiger partial charge in [0.25, 0.3) is 0 Å². The average Bonchev–Trinajstić information content (AvgIpc) is 2.77. The quantitative estimate of drug-likeness (QED) is 0.776. The Morgan fingerprint density at radius 2 is 2.40 bits per heavy atom. The molecule has 2 rings (SSSR count). The number of nitrogens with one attached hydrogen (secondary N) is 1. The van der Waals surface area contributed by atoms with Gasteiger partial charge in [-0.1, -0.05) is 13.8 Å². The summed E-state index contributed by atoms with van der Waals surface area (Å²) in [4.78, 5) is 0. The molecule has 1 aliphatic rings. The van der Waals surface area contributed by atoms with Crippen LogP contribution in [0.15, 0.2) is 22.8 Å². The molecule has 15 heavy (non-hydrogen) atoms. The fourth-order valence-electron chi connectivity index (χ4n) is 2.26. The summed E-state index contributed by atoms with van der Waals surface area (Å²) in [5, 5.41) is 3.64. The van der Waals surface area contributed by atoms with E-state index >= 15 is 0 Å². The Balaban J connectivity index is 1.87. The molecule has 3 atom stereocenters. The second kappa shape index (κ2) is 4.84. The SMILES string of the molecule is CCCNC(Cc1ccco1)C1CC1C. The van der Waals surface area contributed by atoms with Gasteiger partial charge >= 0.3 is 0 Å². The van der Waals surface area contributed by atoms with E-state index in [2.05, 4.69) is 25.2 Å². The van der Waals surface area contributed by atoms with Crippen molar-refractivity contribution < 1.29 is 4.42 Å². The van der Waals surface area contributed by atoms with Crippen LogP contribution in [0.2, 0.25) is 0 Å². The molecule has 0 bridgehead atoms. The summed E-state index contributed by atoms with van der Waals surface area (Å²) in [5.74, 6) is 2.87. The molecule has 0 radical (unpaired) electrons. The van der Waals surface area contributed by atoms with Crippen LogP contribution in [-0.4, -0.2) is 12.6 Å². The van der Waals surface area contributed by atoms with E-state index in [1.54, 1.807) is 6.26 Å². The summed E-state index contributed by atoms with van der Waals surface area (Å²) in [5.41, 5.74) is 0. The van der Waals surface area contributed by atoms with Gasteiger partial charge in [-0.3, -0.25) is 0 Å². The summed E-state index contributed by atoms with van der Waals surface area (Å²) >= 11 is 0. The topological polar surface area (TPSA) is 25.2 Å². The van der Waals surface area contributed by atoms with Crippen LogP contribution in [0.25, 0.3) is 0 Å². The van der Waals surface area contributed by atoms with E-state index in [0.29, 0.717) is 6.04 Å². The lowest BCUT2D eigenvalue weighted by molar-refractivity contribution is 0.401. The summed E-state index contributed by atoms with van der Waals surface area (Å²) in [6.07, 6.45) is 5.39. The van der Waals surface area contributed by atoms with E-state index in [-0.39, 0.29) is 0 Å². The molecule has 0 aliphatic heterocycles. The zero-order chi connectivity index (χ0) is 10.7. The summed E-state index contributed by atoms with van der Waals surface area (Å²) in [7, 11) is 0. The number of rotatable bonds is 6. The Kier molecular flexibility index (Phi) is 3.47. The van der Waals surface area contributed by atoms with Gasteiger partial charge < -0.3 is 9.73 Å². The number of hydrogen-bond donors (Lipinski definition) is 1. The largest absolute Gasteiger partial charge is 0.469 e. The fraction of sp³-hybridized carbons (Fsp3) is 0.692. The minimum atomic E-state index is 0.617. The molecule has 0 saturated heterocycles. The lowest BCUT2D eigenvalue weighted by Gasteiger charge is -2.17. The van der Waals surface area contributed by atoms with Crippen LogP contribution in [0.5, 0.6) is 0 Å². The highest BCUT2D eigenvalue weighted by molar-refractivity contribution is 5.04. The third-order valence-corrected chi connectivity index (χ3v) is 3.35. The van der Waals surface area contributed by atoms with Gasteiger partial charge in [-0.2, -0.15) is 0 Å². The van der Waals surface area contributed by atoms with Gasteiger partial charge in [0, 0.05) is 12.5 Å². The molecule has 3 unspecified atom stereocenters. The van der Waals surface area contributed by atoms with Gasteiger partial charge in [0.15, 0.2) is 0 Å². The van der Waals surface area contributed by atoms with E-state index in [4.69, 9.17) is 4.42 Å². The Hall–Kier alpha value is -0.760.